The van der Waals surface area contributed by atoms with E-state index in [-0.39, 0.29) is 10.9 Å². The van der Waals surface area contributed by atoms with Gasteiger partial charge in [-0.25, -0.2) is 0 Å². The van der Waals surface area contributed by atoms with Gasteiger partial charge in [-0.05, 0) is 25.1 Å². The third-order valence-corrected chi connectivity index (χ3v) is 9.28. The number of hydrogen-bond donors (Lipinski definition) is 0. The van der Waals surface area contributed by atoms with E-state index in [9.17, 15) is 4.57 Å². The molecule has 0 saturated heterocycles. The van der Waals surface area contributed by atoms with Gasteiger partial charge in [0.25, 0.3) is 0 Å². The summed E-state index contributed by atoms with van der Waals surface area (Å²) in [6, 6.07) is 0. The van der Waals surface area contributed by atoms with Crippen LogP contribution in [0.1, 0.15) is 34.6 Å². The molecule has 0 radical (unpaired) electrons. The summed E-state index contributed by atoms with van der Waals surface area (Å²) >= 11 is 0. The molecule has 0 aliphatic rings. The van der Waals surface area contributed by atoms with Gasteiger partial charge in [0.05, 0.1) is 0 Å². The van der Waals surface area contributed by atoms with E-state index < -0.39 is 16.1 Å². The first-order chi connectivity index (χ1) is 6.12. The van der Waals surface area contributed by atoms with Crippen LogP contribution in [0.2, 0.25) is 18.1 Å². The zero-order valence-corrected chi connectivity index (χ0v) is 12.4. The van der Waals surface area contributed by atoms with Crippen LogP contribution in [0.4, 0.5) is 0 Å². The summed E-state index contributed by atoms with van der Waals surface area (Å²) in [6.45, 7) is 14.9. The maximum atomic E-state index is 11.6. The Morgan fingerprint density at radius 1 is 1.36 bits per heavy atom. The van der Waals surface area contributed by atoms with Crippen molar-refractivity contribution in [3.63, 3.8) is 0 Å². The van der Waals surface area contributed by atoms with Gasteiger partial charge < -0.3 is 4.43 Å². The summed E-state index contributed by atoms with van der Waals surface area (Å²) in [5, 5.41) is 0.200. The monoisotopic (exact) mass is 235 g/mol. The first kappa shape index (κ1) is 14.3. The van der Waals surface area contributed by atoms with E-state index in [1.54, 1.807) is 0 Å². The molecule has 0 bridgehead atoms. The van der Waals surface area contributed by atoms with Crippen LogP contribution in [-0.4, -0.2) is 20.3 Å². The van der Waals surface area contributed by atoms with Crippen molar-refractivity contribution in [2.75, 3.05) is 6.16 Å². The van der Waals surface area contributed by atoms with E-state index in [0.29, 0.717) is 6.16 Å². The largest absolute Gasteiger partial charge is 0.376 e. The van der Waals surface area contributed by atoms with E-state index in [1.807, 2.05) is 13.8 Å². The second kappa shape index (κ2) is 4.87. The molecule has 0 aromatic carbocycles. The van der Waals surface area contributed by atoms with Gasteiger partial charge in [0.1, 0.15) is 6.16 Å². The standard InChI is InChI=1S/C10H24O2PSi/c1-8-13(11)9(2)12-14(6,7)10(3,4)5/h9H,8H2,1-7H3/q+1. The van der Waals surface area contributed by atoms with Crippen LogP contribution in [0.15, 0.2) is 0 Å². The SMILES string of the molecule is CC[P+](=O)C(C)O[Si](C)(C)C(C)(C)C. The average molecular weight is 235 g/mol. The minimum Gasteiger partial charge on any atom is -0.376 e. The summed E-state index contributed by atoms with van der Waals surface area (Å²) in [6.07, 6.45) is 0.713. The van der Waals surface area contributed by atoms with Crippen LogP contribution in [0, 0.1) is 0 Å². The molecule has 0 aromatic heterocycles. The minimum atomic E-state index is -1.73. The van der Waals surface area contributed by atoms with Gasteiger partial charge in [-0.15, -0.1) is 0 Å². The Morgan fingerprint density at radius 3 is 2.07 bits per heavy atom. The first-order valence-electron chi connectivity index (χ1n) is 5.23. The maximum Gasteiger partial charge on any atom is 0.368 e. The molecular formula is C10H24O2PSi+. The fraction of sp³-hybridized carbons (Fsp3) is 1.00. The van der Waals surface area contributed by atoms with Crippen molar-refractivity contribution in [2.45, 2.75) is 58.6 Å². The third kappa shape index (κ3) is 3.80. The average Bonchev–Trinajstić information content (AvgIpc) is 2.00. The van der Waals surface area contributed by atoms with Crippen molar-refractivity contribution in [3.8, 4) is 0 Å². The summed E-state index contributed by atoms with van der Waals surface area (Å²) in [5.74, 6) is -0.0871. The van der Waals surface area contributed by atoms with Crippen molar-refractivity contribution in [3.05, 3.63) is 0 Å². The molecule has 0 N–H and O–H groups in total. The summed E-state index contributed by atoms with van der Waals surface area (Å²) < 4.78 is 17.6. The minimum absolute atomic E-state index is 0.0871. The molecule has 2 atom stereocenters. The van der Waals surface area contributed by atoms with Crippen LogP contribution in [0.25, 0.3) is 0 Å². The predicted molar refractivity (Wildman–Crippen MR) is 65.9 cm³/mol. The van der Waals surface area contributed by atoms with Crippen molar-refractivity contribution in [1.82, 2.24) is 0 Å². The van der Waals surface area contributed by atoms with Crippen LogP contribution >= 0.6 is 7.80 Å². The fourth-order valence-corrected chi connectivity index (χ4v) is 3.90. The highest BCUT2D eigenvalue weighted by atomic mass is 31.1. The van der Waals surface area contributed by atoms with E-state index in [0.717, 1.165) is 0 Å². The molecule has 14 heavy (non-hydrogen) atoms. The third-order valence-electron chi connectivity index (χ3n) is 2.99. The lowest BCUT2D eigenvalue weighted by Crippen LogP contribution is -2.42. The second-order valence-corrected chi connectivity index (χ2v) is 12.2. The predicted octanol–water partition coefficient (Wildman–Crippen LogP) is 4.20. The lowest BCUT2D eigenvalue weighted by molar-refractivity contribution is 0.268. The smallest absolute Gasteiger partial charge is 0.368 e. The van der Waals surface area contributed by atoms with Crippen molar-refractivity contribution >= 4 is 16.1 Å². The van der Waals surface area contributed by atoms with Crippen molar-refractivity contribution in [2.24, 2.45) is 0 Å². The highest BCUT2D eigenvalue weighted by Crippen LogP contribution is 2.40. The van der Waals surface area contributed by atoms with Crippen LogP contribution in [0.5, 0.6) is 0 Å². The van der Waals surface area contributed by atoms with Gasteiger partial charge in [-0.2, -0.15) is 0 Å². The summed E-state index contributed by atoms with van der Waals surface area (Å²) in [4.78, 5) is 0. The highest BCUT2D eigenvalue weighted by Gasteiger charge is 2.41. The number of hydrogen-bond acceptors (Lipinski definition) is 2. The normalized spacial score (nSPS) is 16.6. The molecule has 0 spiro atoms. The van der Waals surface area contributed by atoms with Crippen LogP contribution in [0.3, 0.4) is 0 Å². The molecule has 0 rings (SSSR count). The topological polar surface area (TPSA) is 26.3 Å². The Balaban J connectivity index is 4.44. The molecule has 2 nitrogen and oxygen atoms in total. The Hall–Kier alpha value is 0.277. The quantitative estimate of drug-likeness (QED) is 0.539. The molecule has 0 fully saturated rings. The highest BCUT2D eigenvalue weighted by molar-refractivity contribution is 7.45. The Kier molecular flexibility index (Phi) is 4.96. The molecule has 84 valence electrons. The van der Waals surface area contributed by atoms with Gasteiger partial charge in [-0.1, -0.05) is 25.3 Å². The molecule has 2 unspecified atom stereocenters. The molecular weight excluding hydrogens is 211 g/mol. The molecule has 0 amide bonds. The molecule has 0 aromatic rings. The lowest BCUT2D eigenvalue weighted by atomic mass is 10.2. The Bertz CT molecular complexity index is 209. The Labute approximate surface area is 90.3 Å². The van der Waals surface area contributed by atoms with E-state index in [2.05, 4.69) is 33.9 Å². The second-order valence-electron chi connectivity index (χ2n) is 5.21. The van der Waals surface area contributed by atoms with Gasteiger partial charge in [0.2, 0.25) is 5.85 Å². The maximum absolute atomic E-state index is 11.6. The van der Waals surface area contributed by atoms with E-state index in [1.165, 1.54) is 0 Å². The zero-order chi connectivity index (χ0) is 11.6. The summed E-state index contributed by atoms with van der Waals surface area (Å²) in [7, 11) is -2.92. The van der Waals surface area contributed by atoms with E-state index >= 15 is 0 Å². The number of rotatable bonds is 4. The van der Waals surface area contributed by atoms with Gasteiger partial charge >= 0.3 is 7.80 Å². The van der Waals surface area contributed by atoms with Crippen molar-refractivity contribution in [1.29, 1.82) is 0 Å². The molecule has 0 heterocycles. The molecule has 0 saturated carbocycles. The first-order valence-corrected chi connectivity index (χ1v) is 9.65. The zero-order valence-electron chi connectivity index (χ0n) is 10.5. The molecule has 0 aliphatic heterocycles. The molecule has 0 aliphatic carbocycles. The van der Waals surface area contributed by atoms with Gasteiger partial charge in [-0.3, -0.25) is 0 Å². The van der Waals surface area contributed by atoms with Crippen LogP contribution in [-0.2, 0) is 8.99 Å². The fourth-order valence-electron chi connectivity index (χ4n) is 0.919. The summed E-state index contributed by atoms with van der Waals surface area (Å²) in [5.41, 5.74) is 0. The van der Waals surface area contributed by atoms with Gasteiger partial charge in [0, 0.05) is 6.92 Å². The Morgan fingerprint density at radius 2 is 1.79 bits per heavy atom. The van der Waals surface area contributed by atoms with Crippen molar-refractivity contribution < 1.29 is 8.99 Å². The molecule has 4 heteroatoms. The lowest BCUT2D eigenvalue weighted by Gasteiger charge is -2.36. The van der Waals surface area contributed by atoms with Gasteiger partial charge in [0.15, 0.2) is 8.32 Å². The van der Waals surface area contributed by atoms with E-state index in [4.69, 9.17) is 4.43 Å². The van der Waals surface area contributed by atoms with Crippen LogP contribution < -0.4 is 0 Å².